The van der Waals surface area contributed by atoms with Crippen molar-refractivity contribution in [3.8, 4) is 11.1 Å². The Bertz CT molecular complexity index is 582. The van der Waals surface area contributed by atoms with Crippen molar-refractivity contribution in [2.24, 2.45) is 5.73 Å². The van der Waals surface area contributed by atoms with Crippen molar-refractivity contribution in [3.63, 3.8) is 0 Å². The van der Waals surface area contributed by atoms with E-state index in [0.29, 0.717) is 6.04 Å². The zero-order valence-electron chi connectivity index (χ0n) is 12.6. The summed E-state index contributed by atoms with van der Waals surface area (Å²) in [7, 11) is 2.19. The molecule has 2 aromatic rings. The van der Waals surface area contributed by atoms with Crippen molar-refractivity contribution in [1.82, 2.24) is 9.88 Å². The van der Waals surface area contributed by atoms with Crippen molar-refractivity contribution < 1.29 is 0 Å². The molecule has 1 aliphatic heterocycles. The topological polar surface area (TPSA) is 42.1 Å². The van der Waals surface area contributed by atoms with Crippen molar-refractivity contribution in [1.29, 1.82) is 0 Å². The Morgan fingerprint density at radius 3 is 2.81 bits per heavy atom. The largest absolute Gasteiger partial charge is 0.323 e. The molecule has 1 unspecified atom stereocenters. The first kappa shape index (κ1) is 14.2. The summed E-state index contributed by atoms with van der Waals surface area (Å²) in [6.45, 7) is 1.15. The number of hydrogen-bond acceptors (Lipinski definition) is 3. The second-order valence-electron chi connectivity index (χ2n) is 5.94. The lowest BCUT2D eigenvalue weighted by Gasteiger charge is -2.36. The van der Waals surface area contributed by atoms with Crippen LogP contribution in [0.2, 0.25) is 0 Å². The Balaban J connectivity index is 1.85. The number of pyridine rings is 1. The molecule has 3 heteroatoms. The van der Waals surface area contributed by atoms with Gasteiger partial charge in [-0.3, -0.25) is 4.98 Å². The lowest BCUT2D eigenvalue weighted by molar-refractivity contribution is 0.160. The van der Waals surface area contributed by atoms with Crippen LogP contribution in [0.15, 0.2) is 48.8 Å². The number of benzene rings is 1. The van der Waals surface area contributed by atoms with Crippen LogP contribution in [0.4, 0.5) is 0 Å². The Hall–Kier alpha value is -1.71. The summed E-state index contributed by atoms with van der Waals surface area (Å²) >= 11 is 0. The summed E-state index contributed by atoms with van der Waals surface area (Å²) in [6, 6.07) is 13.2. The number of rotatable bonds is 3. The fourth-order valence-corrected chi connectivity index (χ4v) is 3.24. The molecule has 21 heavy (non-hydrogen) atoms. The average Bonchev–Trinajstić information content (AvgIpc) is 2.56. The van der Waals surface area contributed by atoms with E-state index >= 15 is 0 Å². The highest BCUT2D eigenvalue weighted by atomic mass is 15.1. The molecule has 110 valence electrons. The van der Waals surface area contributed by atoms with Crippen LogP contribution in [0.25, 0.3) is 11.1 Å². The zero-order chi connectivity index (χ0) is 14.7. The molecule has 1 aromatic heterocycles. The molecule has 0 aliphatic carbocycles. The summed E-state index contributed by atoms with van der Waals surface area (Å²) in [5.41, 5.74) is 10.1. The number of piperidine rings is 1. The zero-order valence-corrected chi connectivity index (χ0v) is 12.6. The Labute approximate surface area is 126 Å². The second-order valence-corrected chi connectivity index (χ2v) is 5.94. The molecule has 0 amide bonds. The number of nitrogens with two attached hydrogens (primary N) is 1. The first-order valence-corrected chi connectivity index (χ1v) is 7.72. The van der Waals surface area contributed by atoms with Gasteiger partial charge in [0.05, 0.1) is 0 Å². The minimum atomic E-state index is 0.0759. The van der Waals surface area contributed by atoms with E-state index in [0.717, 1.165) is 12.1 Å². The molecular weight excluding hydrogens is 258 g/mol. The van der Waals surface area contributed by atoms with E-state index in [1.807, 2.05) is 12.3 Å². The monoisotopic (exact) mass is 281 g/mol. The van der Waals surface area contributed by atoms with Crippen molar-refractivity contribution >= 4 is 0 Å². The summed E-state index contributed by atoms with van der Waals surface area (Å²) in [6.07, 6.45) is 7.46. The summed E-state index contributed by atoms with van der Waals surface area (Å²) in [4.78, 5) is 6.61. The third-order valence-electron chi connectivity index (χ3n) is 4.51. The van der Waals surface area contributed by atoms with Gasteiger partial charge < -0.3 is 10.6 Å². The van der Waals surface area contributed by atoms with Crippen LogP contribution >= 0.6 is 0 Å². The van der Waals surface area contributed by atoms with Crippen LogP contribution in [-0.4, -0.2) is 29.5 Å². The highest BCUT2D eigenvalue weighted by Crippen LogP contribution is 2.28. The molecule has 2 N–H and O–H groups in total. The van der Waals surface area contributed by atoms with Gasteiger partial charge in [-0.15, -0.1) is 0 Å². The van der Waals surface area contributed by atoms with Gasteiger partial charge in [0.25, 0.3) is 0 Å². The Kier molecular flexibility index (Phi) is 4.32. The van der Waals surface area contributed by atoms with Gasteiger partial charge in [-0.2, -0.15) is 0 Å². The highest BCUT2D eigenvalue weighted by molar-refractivity contribution is 5.63. The molecule has 1 fully saturated rings. The number of likely N-dealkylation sites (tertiary alicyclic amines) is 1. The molecule has 1 aliphatic rings. The van der Waals surface area contributed by atoms with Gasteiger partial charge >= 0.3 is 0 Å². The third-order valence-corrected chi connectivity index (χ3v) is 4.51. The van der Waals surface area contributed by atoms with Gasteiger partial charge in [-0.1, -0.05) is 30.7 Å². The average molecular weight is 281 g/mol. The lowest BCUT2D eigenvalue weighted by Crippen LogP contribution is -2.43. The molecule has 2 heterocycles. The predicted octanol–water partition coefficient (Wildman–Crippen LogP) is 3.23. The first-order valence-electron chi connectivity index (χ1n) is 7.72. The maximum Gasteiger partial charge on any atom is 0.0453 e. The van der Waals surface area contributed by atoms with Crippen LogP contribution < -0.4 is 5.73 Å². The van der Waals surface area contributed by atoms with E-state index < -0.39 is 0 Å². The van der Waals surface area contributed by atoms with Crippen molar-refractivity contribution in [2.75, 3.05) is 13.6 Å². The molecular formula is C18H23N3. The number of aromatic nitrogens is 1. The SMILES string of the molecule is CN1CCCC[C@H]1C(N)c1cccc(-c2cccnc2)c1. The third kappa shape index (κ3) is 3.14. The quantitative estimate of drug-likeness (QED) is 0.939. The number of nitrogens with zero attached hydrogens (tertiary/aromatic N) is 2. The van der Waals surface area contributed by atoms with Crippen LogP contribution in [0.5, 0.6) is 0 Å². The van der Waals surface area contributed by atoms with Gasteiger partial charge in [0.2, 0.25) is 0 Å². The maximum absolute atomic E-state index is 6.55. The van der Waals surface area contributed by atoms with Gasteiger partial charge in [-0.05, 0) is 55.3 Å². The minimum Gasteiger partial charge on any atom is -0.323 e. The van der Waals surface area contributed by atoms with E-state index in [1.54, 1.807) is 6.20 Å². The number of likely N-dealkylation sites (N-methyl/N-ethyl adjacent to an activating group) is 1. The minimum absolute atomic E-state index is 0.0759. The van der Waals surface area contributed by atoms with Gasteiger partial charge in [-0.25, -0.2) is 0 Å². The first-order chi connectivity index (χ1) is 10.3. The standard InChI is InChI=1S/C18H23N3/c1-21-11-3-2-9-17(21)18(19)15-7-4-6-14(12-15)16-8-5-10-20-13-16/h4-8,10,12-13,17-18H,2-3,9,11,19H2,1H3/t17-,18?/m0/s1. The van der Waals surface area contributed by atoms with Crippen LogP contribution in [0, 0.1) is 0 Å². The van der Waals surface area contributed by atoms with Crippen molar-refractivity contribution in [2.45, 2.75) is 31.3 Å². The second kappa shape index (κ2) is 6.37. The molecule has 3 nitrogen and oxygen atoms in total. The van der Waals surface area contributed by atoms with E-state index in [9.17, 15) is 0 Å². The summed E-state index contributed by atoms with van der Waals surface area (Å²) in [5.74, 6) is 0. The fourth-order valence-electron chi connectivity index (χ4n) is 3.24. The van der Waals surface area contributed by atoms with E-state index in [2.05, 4.69) is 47.3 Å². The van der Waals surface area contributed by atoms with Crippen LogP contribution in [0.1, 0.15) is 30.9 Å². The van der Waals surface area contributed by atoms with Crippen molar-refractivity contribution in [3.05, 3.63) is 54.4 Å². The molecule has 0 radical (unpaired) electrons. The van der Waals surface area contributed by atoms with E-state index in [1.165, 1.54) is 30.4 Å². The summed E-state index contributed by atoms with van der Waals surface area (Å²) in [5, 5.41) is 0. The van der Waals surface area contributed by atoms with Gasteiger partial charge in [0, 0.05) is 24.5 Å². The molecule has 0 spiro atoms. The number of hydrogen-bond donors (Lipinski definition) is 1. The lowest BCUT2D eigenvalue weighted by atomic mass is 9.90. The molecule has 1 aromatic carbocycles. The molecule has 0 bridgehead atoms. The van der Waals surface area contributed by atoms with Gasteiger partial charge in [0.1, 0.15) is 0 Å². The predicted molar refractivity (Wildman–Crippen MR) is 86.9 cm³/mol. The van der Waals surface area contributed by atoms with Gasteiger partial charge in [0.15, 0.2) is 0 Å². The Morgan fingerprint density at radius 1 is 1.19 bits per heavy atom. The van der Waals surface area contributed by atoms with Crippen LogP contribution in [-0.2, 0) is 0 Å². The van der Waals surface area contributed by atoms with E-state index in [4.69, 9.17) is 5.73 Å². The Morgan fingerprint density at radius 2 is 2.05 bits per heavy atom. The molecule has 0 saturated carbocycles. The molecule has 1 saturated heterocycles. The fraction of sp³-hybridized carbons (Fsp3) is 0.389. The smallest absolute Gasteiger partial charge is 0.0453 e. The normalized spacial score (nSPS) is 21.1. The van der Waals surface area contributed by atoms with E-state index in [-0.39, 0.29) is 6.04 Å². The van der Waals surface area contributed by atoms with Crippen LogP contribution in [0.3, 0.4) is 0 Å². The highest BCUT2D eigenvalue weighted by Gasteiger charge is 2.26. The molecule has 2 atom stereocenters. The molecule has 3 rings (SSSR count). The summed E-state index contributed by atoms with van der Waals surface area (Å²) < 4.78 is 0. The maximum atomic E-state index is 6.55.